The number of aryl methyl sites for hydroxylation is 1. The van der Waals surface area contributed by atoms with Crippen molar-refractivity contribution in [1.82, 2.24) is 4.57 Å². The lowest BCUT2D eigenvalue weighted by Gasteiger charge is -2.07. The molecule has 0 aliphatic rings. The predicted octanol–water partition coefficient (Wildman–Crippen LogP) is 3.87. The summed E-state index contributed by atoms with van der Waals surface area (Å²) in [5.74, 6) is 0.770. The summed E-state index contributed by atoms with van der Waals surface area (Å²) in [5, 5.41) is 1.86. The molecule has 21 heavy (non-hydrogen) atoms. The molecule has 0 atom stereocenters. The van der Waals surface area contributed by atoms with E-state index in [1.165, 1.54) is 10.9 Å². The first-order valence-electron chi connectivity index (χ1n) is 6.83. The first-order chi connectivity index (χ1) is 10.2. The second-order valence-corrected chi connectivity index (χ2v) is 5.43. The molecule has 0 fully saturated rings. The molecule has 0 bridgehead atoms. The molecule has 0 saturated carbocycles. The summed E-state index contributed by atoms with van der Waals surface area (Å²) in [7, 11) is 2.04. The number of aromatic nitrogens is 1. The van der Waals surface area contributed by atoms with Gasteiger partial charge in [-0.05, 0) is 35.9 Å². The number of hydrogen-bond acceptors (Lipinski definition) is 2. The lowest BCUT2D eigenvalue weighted by molar-refractivity contribution is 0.298. The predicted molar refractivity (Wildman–Crippen MR) is 86.6 cm³/mol. The molecule has 0 aliphatic heterocycles. The van der Waals surface area contributed by atoms with E-state index in [1.807, 2.05) is 37.4 Å². The highest BCUT2D eigenvalue weighted by Crippen LogP contribution is 2.24. The lowest BCUT2D eigenvalue weighted by Crippen LogP contribution is -2.01. The van der Waals surface area contributed by atoms with Crippen LogP contribution in [0.25, 0.3) is 10.9 Å². The zero-order valence-corrected chi connectivity index (χ0v) is 12.6. The van der Waals surface area contributed by atoms with E-state index in [4.69, 9.17) is 22.1 Å². The van der Waals surface area contributed by atoms with E-state index in [1.54, 1.807) is 0 Å². The number of benzene rings is 2. The van der Waals surface area contributed by atoms with Gasteiger partial charge in [-0.25, -0.2) is 0 Å². The maximum atomic E-state index is 5.96. The van der Waals surface area contributed by atoms with Crippen LogP contribution in [0.15, 0.2) is 48.5 Å². The van der Waals surface area contributed by atoms with Crippen molar-refractivity contribution in [3.8, 4) is 5.75 Å². The summed E-state index contributed by atoms with van der Waals surface area (Å²) in [6.45, 7) is 1.03. The average molecular weight is 301 g/mol. The molecule has 2 aromatic carbocycles. The zero-order valence-electron chi connectivity index (χ0n) is 11.8. The summed E-state index contributed by atoms with van der Waals surface area (Å²) in [6, 6.07) is 15.8. The molecular weight excluding hydrogens is 284 g/mol. The van der Waals surface area contributed by atoms with Crippen LogP contribution < -0.4 is 10.5 Å². The highest BCUT2D eigenvalue weighted by molar-refractivity contribution is 6.30. The van der Waals surface area contributed by atoms with Gasteiger partial charge < -0.3 is 15.0 Å². The Kier molecular flexibility index (Phi) is 3.86. The van der Waals surface area contributed by atoms with Crippen LogP contribution in [0.5, 0.6) is 5.75 Å². The van der Waals surface area contributed by atoms with Gasteiger partial charge in [0, 0.05) is 29.5 Å². The molecule has 0 radical (unpaired) electrons. The molecule has 1 heterocycles. The van der Waals surface area contributed by atoms with Gasteiger partial charge in [0.2, 0.25) is 0 Å². The third-order valence-electron chi connectivity index (χ3n) is 3.68. The average Bonchev–Trinajstić information content (AvgIpc) is 2.82. The van der Waals surface area contributed by atoms with E-state index >= 15 is 0 Å². The summed E-state index contributed by atoms with van der Waals surface area (Å²) in [5.41, 5.74) is 9.22. The van der Waals surface area contributed by atoms with Gasteiger partial charge in [0.25, 0.3) is 0 Å². The van der Waals surface area contributed by atoms with E-state index in [0.717, 1.165) is 17.0 Å². The van der Waals surface area contributed by atoms with Crippen molar-refractivity contribution in [2.45, 2.75) is 13.2 Å². The van der Waals surface area contributed by atoms with Gasteiger partial charge in [-0.3, -0.25) is 0 Å². The molecule has 4 heteroatoms. The first kappa shape index (κ1) is 14.0. The highest BCUT2D eigenvalue weighted by atomic mass is 35.5. The molecule has 3 rings (SSSR count). The van der Waals surface area contributed by atoms with E-state index in [2.05, 4.69) is 22.8 Å². The lowest BCUT2D eigenvalue weighted by atomic mass is 10.1. The minimum Gasteiger partial charge on any atom is -0.487 e. The maximum Gasteiger partial charge on any atom is 0.128 e. The Morgan fingerprint density at radius 3 is 2.71 bits per heavy atom. The van der Waals surface area contributed by atoms with Gasteiger partial charge in [0.15, 0.2) is 0 Å². The number of ether oxygens (including phenoxy) is 1. The normalized spacial score (nSPS) is 11.0. The molecule has 3 aromatic rings. The molecule has 0 spiro atoms. The summed E-state index contributed by atoms with van der Waals surface area (Å²) >= 11 is 5.96. The molecule has 0 aliphatic carbocycles. The van der Waals surface area contributed by atoms with Crippen molar-refractivity contribution in [2.24, 2.45) is 12.8 Å². The van der Waals surface area contributed by atoms with Crippen molar-refractivity contribution in [3.63, 3.8) is 0 Å². The van der Waals surface area contributed by atoms with Crippen LogP contribution in [0.4, 0.5) is 0 Å². The van der Waals surface area contributed by atoms with Crippen LogP contribution in [-0.4, -0.2) is 4.57 Å². The standard InChI is InChI=1S/C17H17ClN2O/c1-20-14(11-21-15-6-3-5-13(18)8-15)9-16-12(10-19)4-2-7-17(16)20/h2-9H,10-11,19H2,1H3. The van der Waals surface area contributed by atoms with Crippen LogP contribution in [0.1, 0.15) is 11.3 Å². The molecule has 3 nitrogen and oxygen atoms in total. The molecule has 108 valence electrons. The van der Waals surface area contributed by atoms with Crippen LogP contribution in [0.2, 0.25) is 5.02 Å². The zero-order chi connectivity index (χ0) is 14.8. The minimum absolute atomic E-state index is 0.496. The van der Waals surface area contributed by atoms with Gasteiger partial charge >= 0.3 is 0 Å². The second kappa shape index (κ2) is 5.80. The van der Waals surface area contributed by atoms with Gasteiger partial charge in [0.1, 0.15) is 12.4 Å². The Labute approximate surface area is 128 Å². The largest absolute Gasteiger partial charge is 0.487 e. The number of hydrogen-bond donors (Lipinski definition) is 1. The topological polar surface area (TPSA) is 40.2 Å². The molecule has 2 N–H and O–H groups in total. The Hall–Kier alpha value is -1.97. The number of nitrogens with two attached hydrogens (primary N) is 1. The van der Waals surface area contributed by atoms with Crippen LogP contribution in [0.3, 0.4) is 0 Å². The minimum atomic E-state index is 0.496. The number of nitrogens with zero attached hydrogens (tertiary/aromatic N) is 1. The SMILES string of the molecule is Cn1c(COc2cccc(Cl)c2)cc2c(CN)cccc21. The summed E-state index contributed by atoms with van der Waals surface area (Å²) in [4.78, 5) is 0. The van der Waals surface area contributed by atoms with Crippen LogP contribution in [-0.2, 0) is 20.2 Å². The molecule has 0 amide bonds. The third kappa shape index (κ3) is 2.75. The van der Waals surface area contributed by atoms with Crippen molar-refractivity contribution in [1.29, 1.82) is 0 Å². The second-order valence-electron chi connectivity index (χ2n) is 4.99. The fourth-order valence-electron chi connectivity index (χ4n) is 2.51. The summed E-state index contributed by atoms with van der Waals surface area (Å²) < 4.78 is 7.96. The van der Waals surface area contributed by atoms with Gasteiger partial charge in [-0.2, -0.15) is 0 Å². The number of halogens is 1. The molecular formula is C17H17ClN2O. The van der Waals surface area contributed by atoms with Crippen LogP contribution >= 0.6 is 11.6 Å². The van der Waals surface area contributed by atoms with Gasteiger partial charge in [0.05, 0.1) is 5.69 Å². The van der Waals surface area contributed by atoms with Crippen LogP contribution in [0, 0.1) is 0 Å². The van der Waals surface area contributed by atoms with E-state index in [0.29, 0.717) is 18.2 Å². The van der Waals surface area contributed by atoms with Crippen molar-refractivity contribution >= 4 is 22.5 Å². The Bertz CT molecular complexity index is 780. The summed E-state index contributed by atoms with van der Waals surface area (Å²) in [6.07, 6.45) is 0. The van der Waals surface area contributed by atoms with Gasteiger partial charge in [-0.15, -0.1) is 0 Å². The Balaban J connectivity index is 1.89. The Morgan fingerprint density at radius 1 is 1.14 bits per heavy atom. The van der Waals surface area contributed by atoms with E-state index in [9.17, 15) is 0 Å². The third-order valence-corrected chi connectivity index (χ3v) is 3.91. The number of rotatable bonds is 4. The van der Waals surface area contributed by atoms with Crippen molar-refractivity contribution in [3.05, 3.63) is 64.8 Å². The van der Waals surface area contributed by atoms with E-state index < -0.39 is 0 Å². The number of fused-ring (bicyclic) bond motifs is 1. The first-order valence-corrected chi connectivity index (χ1v) is 7.21. The van der Waals surface area contributed by atoms with E-state index in [-0.39, 0.29) is 0 Å². The monoisotopic (exact) mass is 300 g/mol. The molecule has 0 saturated heterocycles. The fraction of sp³-hybridized carbons (Fsp3) is 0.176. The molecule has 0 unspecified atom stereocenters. The quantitative estimate of drug-likeness (QED) is 0.794. The molecule has 1 aromatic heterocycles. The maximum absolute atomic E-state index is 5.96. The van der Waals surface area contributed by atoms with Gasteiger partial charge in [-0.1, -0.05) is 29.8 Å². The highest BCUT2D eigenvalue weighted by Gasteiger charge is 2.09. The Morgan fingerprint density at radius 2 is 1.95 bits per heavy atom. The van der Waals surface area contributed by atoms with Crippen molar-refractivity contribution < 1.29 is 4.74 Å². The fourth-order valence-corrected chi connectivity index (χ4v) is 2.69. The smallest absolute Gasteiger partial charge is 0.128 e. The van der Waals surface area contributed by atoms with Crippen molar-refractivity contribution in [2.75, 3.05) is 0 Å².